The smallest absolute Gasteiger partial charge is 0.172 e. The first-order valence-corrected chi connectivity index (χ1v) is 3.97. The number of nitrogens with one attached hydrogen (secondary N) is 3. The number of aryl methyl sites for hydroxylation is 1. The number of nitrogen functional groups attached to an aromatic ring is 1. The molecule has 0 bridgehead atoms. The largest absolute Gasteiger partial charge is 0.398 e. The second kappa shape index (κ2) is 2.95. The molecular formula is C8H11N5. The van der Waals surface area contributed by atoms with E-state index < -0.39 is 0 Å². The van der Waals surface area contributed by atoms with Crippen LogP contribution in [0.25, 0.3) is 0 Å². The maximum Gasteiger partial charge on any atom is 0.172 e. The average Bonchev–Trinajstić information content (AvgIpc) is 2.56. The summed E-state index contributed by atoms with van der Waals surface area (Å²) in [5.41, 5.74) is 16.7. The summed E-state index contributed by atoms with van der Waals surface area (Å²) in [6.45, 7) is 2.00. The lowest BCUT2D eigenvalue weighted by molar-refractivity contribution is 0.577. The van der Waals surface area contributed by atoms with Crippen LogP contribution in [-0.2, 0) is 0 Å². The molecule has 1 aromatic carbocycles. The summed E-state index contributed by atoms with van der Waals surface area (Å²) in [4.78, 5) is 0. The Balaban J connectivity index is 2.40. The summed E-state index contributed by atoms with van der Waals surface area (Å²) in [6, 6.07) is 5.84. The van der Waals surface area contributed by atoms with Crippen LogP contribution in [0.5, 0.6) is 0 Å². The van der Waals surface area contributed by atoms with Crippen LogP contribution >= 0.6 is 0 Å². The van der Waals surface area contributed by atoms with Crippen LogP contribution < -0.4 is 22.2 Å². The van der Waals surface area contributed by atoms with Crippen molar-refractivity contribution in [1.29, 1.82) is 0 Å². The maximum absolute atomic E-state index is 5.82. The van der Waals surface area contributed by atoms with Gasteiger partial charge in [0.05, 0.1) is 0 Å². The number of benzene rings is 1. The van der Waals surface area contributed by atoms with E-state index in [1.165, 1.54) is 0 Å². The number of hydrazone groups is 1. The first-order valence-electron chi connectivity index (χ1n) is 3.97. The van der Waals surface area contributed by atoms with Gasteiger partial charge in [-0.15, -0.1) is 10.6 Å². The Morgan fingerprint density at radius 3 is 2.85 bits per heavy atom. The molecule has 0 amide bonds. The van der Waals surface area contributed by atoms with Crippen LogP contribution in [0.15, 0.2) is 23.3 Å². The van der Waals surface area contributed by atoms with Gasteiger partial charge in [0.25, 0.3) is 0 Å². The number of hydrogen-bond acceptors (Lipinski definition) is 5. The topological polar surface area (TPSA) is 74.5 Å². The SMILES string of the molecule is Cc1ccc(C2=NNNN2)c(N)c1. The number of hydrogen-bond donors (Lipinski definition) is 4. The molecule has 1 aliphatic heterocycles. The van der Waals surface area contributed by atoms with Crippen LogP contribution in [0.2, 0.25) is 0 Å². The van der Waals surface area contributed by atoms with Gasteiger partial charge in [-0.25, -0.2) is 5.53 Å². The Hall–Kier alpha value is -1.75. The Labute approximate surface area is 76.0 Å². The first-order chi connectivity index (χ1) is 6.27. The zero-order valence-corrected chi connectivity index (χ0v) is 7.26. The molecule has 0 aliphatic carbocycles. The lowest BCUT2D eigenvalue weighted by atomic mass is 10.1. The number of amidine groups is 1. The fourth-order valence-electron chi connectivity index (χ4n) is 1.22. The number of nitrogens with zero attached hydrogens (tertiary/aromatic N) is 1. The third kappa shape index (κ3) is 1.41. The van der Waals surface area contributed by atoms with Crippen LogP contribution in [0.3, 0.4) is 0 Å². The van der Waals surface area contributed by atoms with Crippen molar-refractivity contribution in [3.63, 3.8) is 0 Å². The Morgan fingerprint density at radius 1 is 1.38 bits per heavy atom. The molecule has 5 N–H and O–H groups in total. The molecule has 68 valence electrons. The second-order valence-electron chi connectivity index (χ2n) is 2.91. The monoisotopic (exact) mass is 177 g/mol. The lowest BCUT2D eigenvalue weighted by Gasteiger charge is -2.05. The maximum atomic E-state index is 5.82. The van der Waals surface area contributed by atoms with E-state index in [4.69, 9.17) is 5.73 Å². The highest BCUT2D eigenvalue weighted by molar-refractivity contribution is 6.03. The van der Waals surface area contributed by atoms with Gasteiger partial charge in [-0.1, -0.05) is 6.07 Å². The molecule has 0 radical (unpaired) electrons. The number of nitrogens with two attached hydrogens (primary N) is 1. The minimum absolute atomic E-state index is 0.706. The van der Waals surface area contributed by atoms with Crippen LogP contribution in [0, 0.1) is 6.92 Å². The molecule has 0 saturated heterocycles. The molecule has 5 nitrogen and oxygen atoms in total. The summed E-state index contributed by atoms with van der Waals surface area (Å²) in [6.07, 6.45) is 0. The zero-order valence-electron chi connectivity index (χ0n) is 7.26. The highest BCUT2D eigenvalue weighted by atomic mass is 15.8. The van der Waals surface area contributed by atoms with E-state index in [2.05, 4.69) is 21.6 Å². The molecule has 0 aromatic heterocycles. The molecule has 0 spiro atoms. The van der Waals surface area contributed by atoms with Gasteiger partial charge in [0.15, 0.2) is 5.84 Å². The average molecular weight is 177 g/mol. The van der Waals surface area contributed by atoms with Crippen molar-refractivity contribution >= 4 is 11.5 Å². The summed E-state index contributed by atoms with van der Waals surface area (Å²) in [5.74, 6) is 0.706. The van der Waals surface area contributed by atoms with Gasteiger partial charge >= 0.3 is 0 Å². The standard InChI is InChI=1S/C8H11N5/c1-5-2-3-6(7(9)4-5)8-10-12-13-11-8/h2-4,12-13H,9H2,1H3,(H,10,11). The molecule has 0 atom stereocenters. The molecule has 0 fully saturated rings. The number of hydrazine groups is 2. The third-order valence-corrected chi connectivity index (χ3v) is 1.87. The second-order valence-corrected chi connectivity index (χ2v) is 2.91. The van der Waals surface area contributed by atoms with Crippen molar-refractivity contribution < 1.29 is 0 Å². The number of anilines is 1. The van der Waals surface area contributed by atoms with E-state index >= 15 is 0 Å². The molecular weight excluding hydrogens is 166 g/mol. The zero-order chi connectivity index (χ0) is 9.26. The molecule has 0 saturated carbocycles. The number of rotatable bonds is 1. The molecule has 2 rings (SSSR count). The van der Waals surface area contributed by atoms with Crippen molar-refractivity contribution in [2.45, 2.75) is 6.92 Å². The van der Waals surface area contributed by atoms with Crippen molar-refractivity contribution in [2.75, 3.05) is 5.73 Å². The van der Waals surface area contributed by atoms with Gasteiger partial charge in [0, 0.05) is 11.3 Å². The van der Waals surface area contributed by atoms with Crippen molar-refractivity contribution in [3.05, 3.63) is 29.3 Å². The van der Waals surface area contributed by atoms with Crippen molar-refractivity contribution in [3.8, 4) is 0 Å². The van der Waals surface area contributed by atoms with E-state index in [1.54, 1.807) is 0 Å². The molecule has 13 heavy (non-hydrogen) atoms. The van der Waals surface area contributed by atoms with Crippen LogP contribution in [0.4, 0.5) is 5.69 Å². The van der Waals surface area contributed by atoms with E-state index in [9.17, 15) is 0 Å². The quantitative estimate of drug-likeness (QED) is 0.450. The fourth-order valence-corrected chi connectivity index (χ4v) is 1.22. The predicted molar refractivity (Wildman–Crippen MR) is 51.5 cm³/mol. The lowest BCUT2D eigenvalue weighted by Crippen LogP contribution is -2.35. The van der Waals surface area contributed by atoms with E-state index in [0.29, 0.717) is 5.84 Å². The summed E-state index contributed by atoms with van der Waals surface area (Å²) in [5, 5.41) is 3.96. The molecule has 1 heterocycles. The van der Waals surface area contributed by atoms with Gasteiger partial charge in [-0.3, -0.25) is 5.43 Å². The molecule has 1 aliphatic rings. The normalized spacial score (nSPS) is 14.7. The highest BCUT2D eigenvalue weighted by Crippen LogP contribution is 2.14. The minimum atomic E-state index is 0.706. The van der Waals surface area contributed by atoms with Crippen LogP contribution in [0.1, 0.15) is 11.1 Å². The summed E-state index contributed by atoms with van der Waals surface area (Å²) in [7, 11) is 0. The van der Waals surface area contributed by atoms with Gasteiger partial charge in [0.2, 0.25) is 0 Å². The third-order valence-electron chi connectivity index (χ3n) is 1.87. The Bertz CT molecular complexity index is 358. The van der Waals surface area contributed by atoms with Crippen molar-refractivity contribution in [1.82, 2.24) is 16.5 Å². The summed E-state index contributed by atoms with van der Waals surface area (Å²) >= 11 is 0. The fraction of sp³-hybridized carbons (Fsp3) is 0.125. The summed E-state index contributed by atoms with van der Waals surface area (Å²) < 4.78 is 0. The van der Waals surface area contributed by atoms with Gasteiger partial charge in [-0.2, -0.15) is 0 Å². The molecule has 1 aromatic rings. The molecule has 0 unspecified atom stereocenters. The van der Waals surface area contributed by atoms with E-state index in [-0.39, 0.29) is 0 Å². The molecule has 5 heteroatoms. The van der Waals surface area contributed by atoms with E-state index in [0.717, 1.165) is 16.8 Å². The predicted octanol–water partition coefficient (Wildman–Crippen LogP) is -0.149. The minimum Gasteiger partial charge on any atom is -0.398 e. The van der Waals surface area contributed by atoms with Crippen LogP contribution in [-0.4, -0.2) is 5.84 Å². The van der Waals surface area contributed by atoms with Gasteiger partial charge < -0.3 is 5.73 Å². The van der Waals surface area contributed by atoms with Crippen molar-refractivity contribution in [2.24, 2.45) is 5.10 Å². The van der Waals surface area contributed by atoms with Gasteiger partial charge in [-0.05, 0) is 24.6 Å². The van der Waals surface area contributed by atoms with Gasteiger partial charge in [0.1, 0.15) is 0 Å². The first kappa shape index (κ1) is 7.88. The van der Waals surface area contributed by atoms with E-state index in [1.807, 2.05) is 25.1 Å². The Morgan fingerprint density at radius 2 is 2.23 bits per heavy atom. The Kier molecular flexibility index (Phi) is 1.79. The highest BCUT2D eigenvalue weighted by Gasteiger charge is 2.10.